The van der Waals surface area contributed by atoms with E-state index in [-0.39, 0.29) is 18.5 Å². The summed E-state index contributed by atoms with van der Waals surface area (Å²) in [5.41, 5.74) is 2.09. The van der Waals surface area contributed by atoms with Crippen molar-refractivity contribution in [3.05, 3.63) is 34.9 Å². The van der Waals surface area contributed by atoms with Crippen LogP contribution in [-0.4, -0.2) is 48.0 Å². The smallest absolute Gasteiger partial charge is 0.408 e. The van der Waals surface area contributed by atoms with Gasteiger partial charge in [0, 0.05) is 13.1 Å². The molecule has 0 aliphatic heterocycles. The number of alkyl carbamates (subject to hydrolysis) is 1. The van der Waals surface area contributed by atoms with Crippen molar-refractivity contribution in [1.82, 2.24) is 15.5 Å². The monoisotopic (exact) mass is 391 g/mol. The van der Waals surface area contributed by atoms with E-state index in [0.717, 1.165) is 16.7 Å². The van der Waals surface area contributed by atoms with Crippen molar-refractivity contribution in [2.24, 2.45) is 0 Å². The zero-order valence-corrected chi connectivity index (χ0v) is 18.2. The number of nitrogens with zero attached hydrogens (tertiary/aromatic N) is 1. The van der Waals surface area contributed by atoms with Crippen LogP contribution in [0, 0.1) is 13.8 Å². The third-order valence-corrected chi connectivity index (χ3v) is 4.18. The molecule has 0 radical (unpaired) electrons. The van der Waals surface area contributed by atoms with Crippen molar-refractivity contribution in [3.8, 4) is 0 Å². The van der Waals surface area contributed by atoms with Crippen molar-refractivity contribution in [2.45, 2.75) is 66.2 Å². The van der Waals surface area contributed by atoms with Gasteiger partial charge in [-0.3, -0.25) is 9.59 Å². The molecular weight excluding hydrogens is 358 g/mol. The van der Waals surface area contributed by atoms with Gasteiger partial charge in [-0.15, -0.1) is 0 Å². The number of rotatable bonds is 6. The van der Waals surface area contributed by atoms with Gasteiger partial charge in [0.1, 0.15) is 18.2 Å². The minimum Gasteiger partial charge on any atom is -0.444 e. The first-order chi connectivity index (χ1) is 12.8. The molecule has 28 heavy (non-hydrogen) atoms. The van der Waals surface area contributed by atoms with E-state index in [2.05, 4.69) is 10.6 Å². The molecule has 0 aromatic heterocycles. The lowest BCUT2D eigenvalue weighted by Crippen LogP contribution is -2.47. The van der Waals surface area contributed by atoms with E-state index in [1.54, 1.807) is 27.8 Å². The van der Waals surface area contributed by atoms with Gasteiger partial charge in [0.2, 0.25) is 11.8 Å². The highest BCUT2D eigenvalue weighted by molar-refractivity contribution is 5.90. The van der Waals surface area contributed by atoms with E-state index < -0.39 is 23.6 Å². The highest BCUT2D eigenvalue weighted by Gasteiger charge is 2.30. The average Bonchev–Trinajstić information content (AvgIpc) is 2.54. The number of hydrogen-bond acceptors (Lipinski definition) is 4. The van der Waals surface area contributed by atoms with Crippen LogP contribution in [0.5, 0.6) is 0 Å². The zero-order valence-electron chi connectivity index (χ0n) is 18.2. The maximum Gasteiger partial charge on any atom is 0.408 e. The Morgan fingerprint density at radius 2 is 1.75 bits per heavy atom. The molecule has 0 aliphatic rings. The molecule has 1 rings (SSSR count). The minimum atomic E-state index is -0.796. The molecule has 7 nitrogen and oxygen atoms in total. The second kappa shape index (κ2) is 9.57. The summed E-state index contributed by atoms with van der Waals surface area (Å²) in [6.45, 7) is 12.6. The second-order valence-corrected chi connectivity index (χ2v) is 8.22. The summed E-state index contributed by atoms with van der Waals surface area (Å²) in [5.74, 6) is -0.660. The molecule has 0 saturated carbocycles. The Labute approximate surface area is 167 Å². The van der Waals surface area contributed by atoms with Crippen molar-refractivity contribution >= 4 is 17.9 Å². The van der Waals surface area contributed by atoms with Crippen LogP contribution in [0.2, 0.25) is 0 Å². The van der Waals surface area contributed by atoms with Crippen LogP contribution in [0.25, 0.3) is 0 Å². The summed E-state index contributed by atoms with van der Waals surface area (Å²) in [5, 5.41) is 5.32. The molecule has 0 aliphatic carbocycles. The topological polar surface area (TPSA) is 87.7 Å². The zero-order chi connectivity index (χ0) is 21.6. The Hall–Kier alpha value is -2.57. The van der Waals surface area contributed by atoms with Crippen molar-refractivity contribution in [1.29, 1.82) is 0 Å². The van der Waals surface area contributed by atoms with Gasteiger partial charge in [-0.25, -0.2) is 4.79 Å². The second-order valence-electron chi connectivity index (χ2n) is 8.22. The highest BCUT2D eigenvalue weighted by Crippen LogP contribution is 2.25. The molecule has 1 unspecified atom stereocenters. The molecular formula is C21H33N3O4. The van der Waals surface area contributed by atoms with Gasteiger partial charge < -0.3 is 20.3 Å². The van der Waals surface area contributed by atoms with E-state index in [1.807, 2.05) is 45.9 Å². The third-order valence-electron chi connectivity index (χ3n) is 4.18. The Morgan fingerprint density at radius 3 is 2.29 bits per heavy atom. The number of benzene rings is 1. The van der Waals surface area contributed by atoms with Gasteiger partial charge in [-0.05, 0) is 65.2 Å². The molecule has 0 spiro atoms. The van der Waals surface area contributed by atoms with Crippen LogP contribution in [-0.2, 0) is 14.3 Å². The molecule has 0 fully saturated rings. The largest absolute Gasteiger partial charge is 0.444 e. The quantitative estimate of drug-likeness (QED) is 0.781. The first-order valence-electron chi connectivity index (χ1n) is 9.42. The maximum atomic E-state index is 12.9. The number of nitrogens with one attached hydrogen (secondary N) is 2. The van der Waals surface area contributed by atoms with Gasteiger partial charge in [0.15, 0.2) is 0 Å². The standard InChI is InChI=1S/C21H33N3O4/c1-13(2)23-19(26)18(16-11-9-10-14(3)15(16)4)24(8)17(25)12-22-20(27)28-21(5,6)7/h9-11,13,18H,12H2,1-8H3,(H,22,27)(H,23,26). The van der Waals surface area contributed by atoms with Crippen LogP contribution in [0.15, 0.2) is 18.2 Å². The number of hydrogen-bond donors (Lipinski definition) is 2. The lowest BCUT2D eigenvalue weighted by molar-refractivity contribution is -0.138. The summed E-state index contributed by atoms with van der Waals surface area (Å²) in [6.07, 6.45) is -0.677. The lowest BCUT2D eigenvalue weighted by atomic mass is 9.95. The molecule has 1 aromatic carbocycles. The van der Waals surface area contributed by atoms with Crippen LogP contribution >= 0.6 is 0 Å². The van der Waals surface area contributed by atoms with Crippen LogP contribution in [0.3, 0.4) is 0 Å². The fourth-order valence-corrected chi connectivity index (χ4v) is 2.69. The van der Waals surface area contributed by atoms with E-state index >= 15 is 0 Å². The van der Waals surface area contributed by atoms with Crippen LogP contribution in [0.1, 0.15) is 57.4 Å². The maximum absolute atomic E-state index is 12.9. The summed E-state index contributed by atoms with van der Waals surface area (Å²) < 4.78 is 5.15. The van der Waals surface area contributed by atoms with Crippen LogP contribution < -0.4 is 10.6 Å². The average molecular weight is 392 g/mol. The molecule has 1 atom stereocenters. The predicted molar refractivity (Wildman–Crippen MR) is 109 cm³/mol. The predicted octanol–water partition coefficient (Wildman–Crippen LogP) is 2.85. The normalized spacial score (nSPS) is 12.3. The van der Waals surface area contributed by atoms with Gasteiger partial charge in [0.05, 0.1) is 0 Å². The molecule has 0 bridgehead atoms. The third kappa shape index (κ3) is 6.87. The Bertz CT molecular complexity index is 723. The molecule has 0 heterocycles. The highest BCUT2D eigenvalue weighted by atomic mass is 16.6. The van der Waals surface area contributed by atoms with Gasteiger partial charge in [0.25, 0.3) is 0 Å². The number of aryl methyl sites for hydroxylation is 1. The van der Waals surface area contributed by atoms with Crippen molar-refractivity contribution in [2.75, 3.05) is 13.6 Å². The Morgan fingerprint density at radius 1 is 1.14 bits per heavy atom. The first kappa shape index (κ1) is 23.5. The van der Waals surface area contributed by atoms with E-state index in [9.17, 15) is 14.4 Å². The molecule has 7 heteroatoms. The van der Waals surface area contributed by atoms with Gasteiger partial charge in [-0.1, -0.05) is 18.2 Å². The number of carbonyl (C=O) groups excluding carboxylic acids is 3. The fraction of sp³-hybridized carbons (Fsp3) is 0.571. The molecule has 0 saturated heterocycles. The van der Waals surface area contributed by atoms with Crippen LogP contribution in [0.4, 0.5) is 4.79 Å². The Balaban J connectivity index is 3.03. The van der Waals surface area contributed by atoms with E-state index in [1.165, 1.54) is 4.90 Å². The minimum absolute atomic E-state index is 0.0662. The molecule has 2 N–H and O–H groups in total. The summed E-state index contributed by atoms with van der Waals surface area (Å²) in [7, 11) is 1.56. The lowest BCUT2D eigenvalue weighted by Gasteiger charge is -2.30. The first-order valence-corrected chi connectivity index (χ1v) is 9.42. The number of likely N-dealkylation sites (N-methyl/N-ethyl adjacent to an activating group) is 1. The number of carbonyl (C=O) groups is 3. The van der Waals surface area contributed by atoms with Crippen molar-refractivity contribution in [3.63, 3.8) is 0 Å². The molecule has 156 valence electrons. The van der Waals surface area contributed by atoms with E-state index in [0.29, 0.717) is 0 Å². The van der Waals surface area contributed by atoms with E-state index in [4.69, 9.17) is 4.74 Å². The SMILES string of the molecule is Cc1cccc(C(C(=O)NC(C)C)N(C)C(=O)CNC(=O)OC(C)(C)C)c1C. The summed E-state index contributed by atoms with van der Waals surface area (Å²) in [6, 6.07) is 4.81. The molecule has 3 amide bonds. The summed E-state index contributed by atoms with van der Waals surface area (Å²) in [4.78, 5) is 38.7. The number of amides is 3. The van der Waals surface area contributed by atoms with Gasteiger partial charge >= 0.3 is 6.09 Å². The summed E-state index contributed by atoms with van der Waals surface area (Å²) >= 11 is 0. The van der Waals surface area contributed by atoms with Gasteiger partial charge in [-0.2, -0.15) is 0 Å². The Kier molecular flexibility index (Phi) is 8.02. The molecule has 1 aromatic rings. The van der Waals surface area contributed by atoms with Crippen molar-refractivity contribution < 1.29 is 19.1 Å². The fourth-order valence-electron chi connectivity index (χ4n) is 2.69. The number of ether oxygens (including phenoxy) is 1.